The molecule has 12 aromatic rings. The number of anilines is 9. The van der Waals surface area contributed by atoms with E-state index in [1.165, 1.54) is 145 Å². The molecular weight excluding hydrogens is 1040 g/mol. The number of benzene rings is 11. The third kappa shape index (κ3) is 8.96. The first-order valence-electron chi connectivity index (χ1n) is 30.7. The summed E-state index contributed by atoms with van der Waals surface area (Å²) in [5.41, 5.74) is 34.2. The molecule has 422 valence electrons. The Hall–Kier alpha value is -9.32. The van der Waals surface area contributed by atoms with Crippen LogP contribution in [-0.2, 0) is 10.8 Å². The highest BCUT2D eigenvalue weighted by Crippen LogP contribution is 2.50. The van der Waals surface area contributed by atoms with Crippen molar-refractivity contribution < 1.29 is 0 Å². The van der Waals surface area contributed by atoms with Gasteiger partial charge < -0.3 is 19.3 Å². The van der Waals surface area contributed by atoms with Crippen molar-refractivity contribution in [2.24, 2.45) is 0 Å². The summed E-state index contributed by atoms with van der Waals surface area (Å²) in [5, 5.41) is 2.47. The van der Waals surface area contributed by atoms with Crippen LogP contribution in [0.5, 0.6) is 0 Å². The molecule has 1 aromatic heterocycles. The summed E-state index contributed by atoms with van der Waals surface area (Å²) in [7, 11) is 0. The second-order valence-electron chi connectivity index (χ2n) is 26.7. The maximum absolute atomic E-state index is 2.62. The molecule has 11 aromatic carbocycles. The van der Waals surface area contributed by atoms with Gasteiger partial charge in [-0.3, -0.25) is 0 Å². The summed E-state index contributed by atoms with van der Waals surface area (Å²) in [5.74, 6) is 0. The number of aryl methyl sites for hydroxylation is 7. The van der Waals surface area contributed by atoms with E-state index < -0.39 is 0 Å². The Labute approximate surface area is 509 Å². The second kappa shape index (κ2) is 20.4. The molecule has 2 aliphatic heterocycles. The van der Waals surface area contributed by atoms with Crippen LogP contribution in [0.15, 0.2) is 218 Å². The molecule has 0 atom stereocenters. The molecule has 0 saturated heterocycles. The van der Waals surface area contributed by atoms with Crippen LogP contribution in [0.3, 0.4) is 0 Å². The van der Waals surface area contributed by atoms with Crippen molar-refractivity contribution in [1.29, 1.82) is 0 Å². The van der Waals surface area contributed by atoms with Crippen LogP contribution in [0.25, 0.3) is 49.7 Å². The van der Waals surface area contributed by atoms with Gasteiger partial charge in [0.05, 0.1) is 16.7 Å². The summed E-state index contributed by atoms with van der Waals surface area (Å²) in [6.07, 6.45) is 0. The van der Waals surface area contributed by atoms with Crippen molar-refractivity contribution in [3.8, 4) is 27.9 Å². The van der Waals surface area contributed by atoms with Crippen LogP contribution in [-0.4, -0.2) is 11.3 Å². The third-order valence-electron chi connectivity index (χ3n) is 18.5. The number of para-hydroxylation sites is 2. The molecule has 86 heavy (non-hydrogen) atoms. The lowest BCUT2D eigenvalue weighted by atomic mass is 9.33. The van der Waals surface area contributed by atoms with Gasteiger partial charge in [-0.05, 0) is 233 Å². The molecular formula is C81H75BN4. The van der Waals surface area contributed by atoms with E-state index in [9.17, 15) is 0 Å². The molecule has 0 N–H and O–H groups in total. The highest BCUT2D eigenvalue weighted by molar-refractivity contribution is 7.00. The topological polar surface area (TPSA) is 14.7 Å². The van der Waals surface area contributed by atoms with Crippen molar-refractivity contribution >= 4 is 96.1 Å². The van der Waals surface area contributed by atoms with Crippen molar-refractivity contribution in [1.82, 2.24) is 4.57 Å². The maximum Gasteiger partial charge on any atom is 0.252 e. The van der Waals surface area contributed by atoms with E-state index in [0.29, 0.717) is 0 Å². The zero-order valence-electron chi connectivity index (χ0n) is 52.2. The molecule has 0 radical (unpaired) electrons. The maximum atomic E-state index is 2.62. The molecule has 0 saturated carbocycles. The zero-order valence-corrected chi connectivity index (χ0v) is 52.2. The molecule has 0 aliphatic carbocycles. The van der Waals surface area contributed by atoms with E-state index in [-0.39, 0.29) is 17.5 Å². The Morgan fingerprint density at radius 3 is 1.34 bits per heavy atom. The van der Waals surface area contributed by atoms with E-state index in [1.807, 2.05) is 0 Å². The van der Waals surface area contributed by atoms with Gasteiger partial charge >= 0.3 is 0 Å². The standard InChI is InChI=1S/C81H75BN4/c1-50-39-74-78-75(40-50)86(65-45-53(4)77(54(5)46-65)58-27-19-15-20-28-58)73-49-63(35-38-69(73)82(78)68-37-33-59(80(8,9)10)47-72(68)85(74)64-43-51(2)76(52(3)44-64)57-25-17-14-18-26-57)83(79-55(6)41-60(42-56(79)7)81(11,12)13)62-34-36-67-66-31-23-24-32-70(66)84(71(67)48-62)61-29-21-16-22-30-61/h14-49H,1-13H3. The Balaban J connectivity index is 1.06. The van der Waals surface area contributed by atoms with Crippen molar-refractivity contribution in [3.63, 3.8) is 0 Å². The highest BCUT2D eigenvalue weighted by Gasteiger charge is 2.44. The minimum atomic E-state index is -0.0805. The average Bonchev–Trinajstić information content (AvgIpc) is 0.826. The summed E-state index contributed by atoms with van der Waals surface area (Å²) >= 11 is 0. The third-order valence-corrected chi connectivity index (χ3v) is 18.5. The van der Waals surface area contributed by atoms with Gasteiger partial charge in [0.1, 0.15) is 0 Å². The fourth-order valence-electron chi connectivity index (χ4n) is 14.6. The van der Waals surface area contributed by atoms with Gasteiger partial charge in [-0.15, -0.1) is 0 Å². The van der Waals surface area contributed by atoms with E-state index in [0.717, 1.165) is 22.7 Å². The molecule has 3 heterocycles. The van der Waals surface area contributed by atoms with Gasteiger partial charge in [-0.1, -0.05) is 175 Å². The van der Waals surface area contributed by atoms with E-state index in [4.69, 9.17) is 0 Å². The summed E-state index contributed by atoms with van der Waals surface area (Å²) in [6.45, 7) is 30.0. The minimum absolute atomic E-state index is 0.0276. The van der Waals surface area contributed by atoms with Crippen LogP contribution in [0.4, 0.5) is 51.2 Å². The lowest BCUT2D eigenvalue weighted by Crippen LogP contribution is -2.61. The normalized spacial score (nSPS) is 12.9. The van der Waals surface area contributed by atoms with Gasteiger partial charge in [0.25, 0.3) is 6.71 Å². The predicted octanol–water partition coefficient (Wildman–Crippen LogP) is 20.4. The first-order chi connectivity index (χ1) is 41.3. The molecule has 2 aliphatic rings. The molecule has 14 rings (SSSR count). The quantitative estimate of drug-likeness (QED) is 0.141. The number of hydrogen-bond donors (Lipinski definition) is 0. The van der Waals surface area contributed by atoms with Crippen LogP contribution in [0.1, 0.15) is 91.6 Å². The molecule has 0 fully saturated rings. The van der Waals surface area contributed by atoms with Gasteiger partial charge in [0.15, 0.2) is 0 Å². The predicted molar refractivity (Wildman–Crippen MR) is 371 cm³/mol. The number of hydrogen-bond acceptors (Lipinski definition) is 3. The monoisotopic (exact) mass is 1110 g/mol. The Bertz CT molecular complexity index is 4620. The largest absolute Gasteiger partial charge is 0.311 e. The van der Waals surface area contributed by atoms with Gasteiger partial charge in [0.2, 0.25) is 0 Å². The lowest BCUT2D eigenvalue weighted by molar-refractivity contribution is 0.589. The fraction of sp³-hybridized carbons (Fsp3) is 0.185. The van der Waals surface area contributed by atoms with Crippen molar-refractivity contribution in [2.75, 3.05) is 14.7 Å². The van der Waals surface area contributed by atoms with Gasteiger partial charge in [0, 0.05) is 62.0 Å². The van der Waals surface area contributed by atoms with E-state index in [2.05, 4.69) is 328 Å². The number of fused-ring (bicyclic) bond motifs is 7. The molecule has 0 amide bonds. The van der Waals surface area contributed by atoms with Crippen molar-refractivity contribution in [3.05, 3.63) is 268 Å². The summed E-state index contributed by atoms with van der Waals surface area (Å²) in [4.78, 5) is 7.78. The summed E-state index contributed by atoms with van der Waals surface area (Å²) in [6, 6.07) is 82.9. The molecule has 5 heteroatoms. The van der Waals surface area contributed by atoms with E-state index >= 15 is 0 Å². The van der Waals surface area contributed by atoms with Crippen LogP contribution in [0.2, 0.25) is 0 Å². The molecule has 0 unspecified atom stereocenters. The van der Waals surface area contributed by atoms with Crippen LogP contribution in [0, 0.1) is 48.5 Å². The Kier molecular flexibility index (Phi) is 13.0. The number of aromatic nitrogens is 1. The van der Waals surface area contributed by atoms with Crippen molar-refractivity contribution in [2.45, 2.75) is 101 Å². The van der Waals surface area contributed by atoms with Gasteiger partial charge in [-0.25, -0.2) is 0 Å². The number of nitrogens with zero attached hydrogens (tertiary/aromatic N) is 4. The Morgan fingerprint density at radius 1 is 0.349 bits per heavy atom. The first-order valence-corrected chi connectivity index (χ1v) is 30.7. The van der Waals surface area contributed by atoms with E-state index in [1.54, 1.807) is 0 Å². The van der Waals surface area contributed by atoms with Crippen LogP contribution < -0.4 is 31.1 Å². The SMILES string of the molecule is Cc1cc2c3c(c1)N(c1cc(C)c(-c4ccccc4)c(C)c1)c1cc(C(C)(C)C)ccc1B3c1ccc(N(c3ccc4c5ccccc5n(-c5ccccc5)c4c3)c3c(C)cc(C(C)(C)C)cc3C)cc1N2c1cc(C)c(-c2ccccc2)c(C)c1. The lowest BCUT2D eigenvalue weighted by Gasteiger charge is -2.45. The smallest absolute Gasteiger partial charge is 0.252 e. The number of rotatable bonds is 8. The fourth-order valence-corrected chi connectivity index (χ4v) is 14.6. The average molecular weight is 1120 g/mol. The zero-order chi connectivity index (χ0) is 59.7. The minimum Gasteiger partial charge on any atom is -0.311 e. The highest BCUT2D eigenvalue weighted by atomic mass is 15.2. The molecule has 4 nitrogen and oxygen atoms in total. The molecule has 0 spiro atoms. The summed E-state index contributed by atoms with van der Waals surface area (Å²) < 4.78 is 2.44. The second-order valence-corrected chi connectivity index (χ2v) is 26.7. The first kappa shape index (κ1) is 54.6. The van der Waals surface area contributed by atoms with Crippen LogP contribution >= 0.6 is 0 Å². The molecule has 0 bridgehead atoms. The Morgan fingerprint density at radius 2 is 0.802 bits per heavy atom. The van der Waals surface area contributed by atoms with Gasteiger partial charge in [-0.2, -0.15) is 0 Å².